The molecular weight excluding hydrogens is 964 g/mol. The van der Waals surface area contributed by atoms with Gasteiger partial charge < -0.3 is 24.2 Å². The molecule has 0 spiro atoms. The lowest BCUT2D eigenvalue weighted by Gasteiger charge is -2.55. The average Bonchev–Trinajstić information content (AvgIpc) is 0.982. The summed E-state index contributed by atoms with van der Waals surface area (Å²) in [6.45, 7) is 13.9. The summed E-state index contributed by atoms with van der Waals surface area (Å²) in [6.07, 6.45) is 0. The molecule has 0 saturated heterocycles. The molecular formula is C69H54B3N4OP. The van der Waals surface area contributed by atoms with Crippen LogP contribution in [0.25, 0.3) is 0 Å². The molecule has 0 radical (unpaired) electrons. The zero-order chi connectivity index (χ0) is 52.2. The van der Waals surface area contributed by atoms with Crippen molar-refractivity contribution in [1.82, 2.24) is 0 Å². The Labute approximate surface area is 458 Å². The van der Waals surface area contributed by atoms with Gasteiger partial charge in [0.15, 0.2) is 7.14 Å². The largest absolute Gasteiger partial charge is 0.312 e. The van der Waals surface area contributed by atoms with Crippen LogP contribution in [0.2, 0.25) is 0 Å². The van der Waals surface area contributed by atoms with Crippen LogP contribution in [0.3, 0.4) is 0 Å². The number of hydrogen-bond acceptors (Lipinski definition) is 5. The van der Waals surface area contributed by atoms with Crippen LogP contribution in [-0.2, 0) is 4.57 Å². The van der Waals surface area contributed by atoms with Crippen molar-refractivity contribution >= 4 is 161 Å². The Bertz CT molecular complexity index is 4340. The second-order valence-electron chi connectivity index (χ2n) is 23.6. The third-order valence-corrected chi connectivity index (χ3v) is 21.8. The molecule has 7 aliphatic heterocycles. The van der Waals surface area contributed by atoms with Crippen LogP contribution in [0.5, 0.6) is 0 Å². The van der Waals surface area contributed by atoms with Gasteiger partial charge in [0.1, 0.15) is 0 Å². The maximum absolute atomic E-state index is 17.7. The quantitative estimate of drug-likeness (QED) is 0.127. The van der Waals surface area contributed by atoms with E-state index < -0.39 is 7.14 Å². The third kappa shape index (κ3) is 5.45. The summed E-state index contributed by atoms with van der Waals surface area (Å²) < 4.78 is 17.7. The number of benzene rings is 10. The van der Waals surface area contributed by atoms with Crippen molar-refractivity contribution in [3.63, 3.8) is 0 Å². The standard InChI is InChI=1S/C69H54B3N4OP/c1-40(2)43-36-45(41(3)4)63(46(37-43)42(5)6)71-47-24-10-14-28-53(47)73(44-22-8-7-9-23-44)59-39-60-52(38-51(59)71)72-50-27-13-16-30-55(50)75-58-33-19-21-35-62(58)78(77)61-34-20-18-32-57(61)74-54-29-15-11-25-48(54)70-49-26-12-17-31-56(49)76(60)66-64(70)67(74)69(78)68(75)65(66)72/h7-42H,1-6H3. The number of fused-ring (bicyclic) bond motifs is 20. The number of anilines is 12. The first-order valence-electron chi connectivity index (χ1n) is 28.1. The molecule has 7 heterocycles. The van der Waals surface area contributed by atoms with E-state index in [1.165, 1.54) is 94.3 Å². The fraction of sp³-hybridized carbons (Fsp3) is 0.130. The maximum atomic E-state index is 17.7. The van der Waals surface area contributed by atoms with E-state index in [1.54, 1.807) is 0 Å². The Balaban J connectivity index is 1.07. The van der Waals surface area contributed by atoms with Gasteiger partial charge in [-0.25, -0.2) is 0 Å². The maximum Gasteiger partial charge on any atom is 0.252 e. The highest BCUT2D eigenvalue weighted by Crippen LogP contribution is 2.63. The predicted octanol–water partition coefficient (Wildman–Crippen LogP) is 10.3. The highest BCUT2D eigenvalue weighted by molar-refractivity contribution is 7.87. The van der Waals surface area contributed by atoms with Gasteiger partial charge in [0, 0.05) is 56.1 Å². The van der Waals surface area contributed by atoms with Crippen LogP contribution in [-0.4, -0.2) is 20.1 Å². The zero-order valence-electron chi connectivity index (χ0n) is 44.7. The smallest absolute Gasteiger partial charge is 0.252 e. The van der Waals surface area contributed by atoms with Gasteiger partial charge in [-0.1, -0.05) is 180 Å². The second-order valence-corrected chi connectivity index (χ2v) is 26.2. The Morgan fingerprint density at radius 2 is 0.705 bits per heavy atom. The molecule has 10 aromatic carbocycles. The molecule has 0 bridgehead atoms. The summed E-state index contributed by atoms with van der Waals surface area (Å²) >= 11 is 0. The van der Waals surface area contributed by atoms with E-state index in [0.717, 1.165) is 55.7 Å². The highest BCUT2D eigenvalue weighted by Gasteiger charge is 2.60. The number of nitrogens with zero attached hydrogens (tertiary/aromatic N) is 4. The van der Waals surface area contributed by atoms with Crippen LogP contribution >= 0.6 is 7.14 Å². The summed E-state index contributed by atoms with van der Waals surface area (Å²) in [5.41, 5.74) is 29.5. The molecule has 0 amide bonds. The van der Waals surface area contributed by atoms with E-state index >= 15 is 4.57 Å². The fourth-order valence-corrected chi connectivity index (χ4v) is 18.9. The first kappa shape index (κ1) is 44.9. The lowest BCUT2D eigenvalue weighted by molar-refractivity contribution is 0.592. The molecule has 78 heavy (non-hydrogen) atoms. The lowest BCUT2D eigenvalue weighted by atomic mass is 9.27. The first-order valence-corrected chi connectivity index (χ1v) is 29.9. The monoisotopic (exact) mass is 1020 g/mol. The van der Waals surface area contributed by atoms with Crippen molar-refractivity contribution in [2.75, 3.05) is 19.6 Å². The topological polar surface area (TPSA) is 30.0 Å². The van der Waals surface area contributed by atoms with Gasteiger partial charge in [0.25, 0.3) is 13.4 Å². The fourth-order valence-electron chi connectivity index (χ4n) is 15.6. The van der Waals surface area contributed by atoms with Crippen LogP contribution in [0, 0.1) is 0 Å². The summed E-state index contributed by atoms with van der Waals surface area (Å²) in [5.74, 6) is 0.983. The van der Waals surface area contributed by atoms with E-state index in [4.69, 9.17) is 0 Å². The Morgan fingerprint density at radius 1 is 0.333 bits per heavy atom. The number of rotatable bonds is 5. The van der Waals surface area contributed by atoms with Crippen molar-refractivity contribution in [2.45, 2.75) is 59.3 Å². The molecule has 0 fully saturated rings. The minimum absolute atomic E-state index is 0.0658. The highest BCUT2D eigenvalue weighted by atomic mass is 31.2. The van der Waals surface area contributed by atoms with E-state index in [0.29, 0.717) is 17.8 Å². The van der Waals surface area contributed by atoms with Gasteiger partial charge in [-0.05, 0) is 145 Å². The second kappa shape index (κ2) is 15.7. The minimum Gasteiger partial charge on any atom is -0.312 e. The molecule has 17 rings (SSSR count). The summed E-state index contributed by atoms with van der Waals surface area (Å²) in [5, 5.41) is 2.79. The molecule has 5 nitrogen and oxygen atoms in total. The van der Waals surface area contributed by atoms with Gasteiger partial charge in [-0.2, -0.15) is 0 Å². The van der Waals surface area contributed by atoms with E-state index in [2.05, 4.69) is 261 Å². The van der Waals surface area contributed by atoms with Crippen molar-refractivity contribution in [1.29, 1.82) is 0 Å². The number of hydrogen-bond donors (Lipinski definition) is 0. The van der Waals surface area contributed by atoms with Crippen LogP contribution in [0.4, 0.5) is 68.2 Å². The SMILES string of the molecule is CC(C)c1cc(C(C)C)c(B2c3ccccc3N(c3ccccc3)c3cc4c(cc32)B2c3ccccc3N3c5ccccc5P5(=O)c6ccccc6N6c7ccccc7B7c8ccccc8N4c4c7c6c5c3c42)c(C(C)C)c1. The molecule has 1 atom stereocenters. The molecule has 0 N–H and O–H groups in total. The van der Waals surface area contributed by atoms with Crippen LogP contribution in [0.15, 0.2) is 200 Å². The van der Waals surface area contributed by atoms with E-state index in [-0.39, 0.29) is 20.1 Å². The van der Waals surface area contributed by atoms with Gasteiger partial charge in [-0.3, -0.25) is 0 Å². The normalized spacial score (nSPS) is 16.6. The Hall–Kier alpha value is -8.18. The lowest BCUT2D eigenvalue weighted by Crippen LogP contribution is -2.72. The third-order valence-electron chi connectivity index (χ3n) is 18.7. The summed E-state index contributed by atoms with van der Waals surface area (Å²) in [4.78, 5) is 10.3. The summed E-state index contributed by atoms with van der Waals surface area (Å²) in [6, 6.07) is 75.2. The summed E-state index contributed by atoms with van der Waals surface area (Å²) in [7, 11) is -3.55. The van der Waals surface area contributed by atoms with Crippen molar-refractivity contribution in [3.05, 3.63) is 217 Å². The molecule has 0 aliphatic carbocycles. The number of para-hydroxylation sites is 7. The zero-order valence-corrected chi connectivity index (χ0v) is 45.6. The molecule has 0 aromatic heterocycles. The van der Waals surface area contributed by atoms with Gasteiger partial charge in [0.2, 0.25) is 6.71 Å². The average molecular weight is 1020 g/mol. The van der Waals surface area contributed by atoms with Crippen molar-refractivity contribution in [2.24, 2.45) is 0 Å². The molecule has 370 valence electrons. The Kier molecular flexibility index (Phi) is 9.06. The van der Waals surface area contributed by atoms with Gasteiger partial charge in [-0.15, -0.1) is 0 Å². The molecule has 10 aromatic rings. The van der Waals surface area contributed by atoms with E-state index in [9.17, 15) is 0 Å². The van der Waals surface area contributed by atoms with Crippen molar-refractivity contribution < 1.29 is 4.57 Å². The molecule has 1 unspecified atom stereocenters. The van der Waals surface area contributed by atoms with Gasteiger partial charge in [0.05, 0.1) is 28.1 Å². The van der Waals surface area contributed by atoms with Crippen LogP contribution < -0.4 is 84.7 Å². The van der Waals surface area contributed by atoms with Gasteiger partial charge >= 0.3 is 0 Å². The molecule has 7 aliphatic rings. The van der Waals surface area contributed by atoms with Crippen LogP contribution in [0.1, 0.15) is 76.0 Å². The van der Waals surface area contributed by atoms with E-state index in [1.807, 2.05) is 0 Å². The van der Waals surface area contributed by atoms with Crippen molar-refractivity contribution in [3.8, 4) is 0 Å². The Morgan fingerprint density at radius 3 is 1.17 bits per heavy atom. The molecule has 9 heteroatoms. The molecule has 0 saturated carbocycles. The predicted molar refractivity (Wildman–Crippen MR) is 334 cm³/mol. The minimum atomic E-state index is -3.55. The first-order chi connectivity index (χ1) is 38.1.